The Balaban J connectivity index is 3.13. The number of hydrogen-bond donors (Lipinski definition) is 0. The van der Waals surface area contributed by atoms with Gasteiger partial charge in [0.05, 0.1) is 11.6 Å². The summed E-state index contributed by atoms with van der Waals surface area (Å²) < 4.78 is 6.19. The lowest BCUT2D eigenvalue weighted by atomic mass is 10.2. The molecule has 0 fully saturated rings. The van der Waals surface area contributed by atoms with Gasteiger partial charge in [-0.15, -0.1) is 0 Å². The van der Waals surface area contributed by atoms with E-state index in [0.29, 0.717) is 0 Å². The lowest BCUT2D eigenvalue weighted by Gasteiger charge is -2.06. The summed E-state index contributed by atoms with van der Waals surface area (Å²) in [6, 6.07) is 5.98. The van der Waals surface area contributed by atoms with Gasteiger partial charge in [-0.05, 0) is 22.0 Å². The first-order valence-electron chi connectivity index (χ1n) is 3.17. The molecule has 0 saturated carbocycles. The number of alkyl halides is 1. The fourth-order valence-corrected chi connectivity index (χ4v) is 1.90. The molecule has 1 rings (SSSR count). The number of para-hydroxylation sites is 1. The number of halogens is 2. The summed E-state index contributed by atoms with van der Waals surface area (Å²) in [6.45, 7) is 0. The normalized spacial score (nSPS) is 9.73. The molecule has 3 heteroatoms. The molecule has 0 unspecified atom stereocenters. The molecule has 0 amide bonds. The molecule has 0 atom stereocenters. The average Bonchev–Trinajstić information content (AvgIpc) is 2.04. The van der Waals surface area contributed by atoms with Crippen molar-refractivity contribution in [2.75, 3.05) is 7.11 Å². The molecule has 0 bridgehead atoms. The zero-order valence-electron chi connectivity index (χ0n) is 6.10. The molecule has 0 aliphatic carbocycles. The van der Waals surface area contributed by atoms with Crippen LogP contribution in [0, 0.1) is 0 Å². The van der Waals surface area contributed by atoms with E-state index in [1.807, 2.05) is 18.2 Å². The second-order valence-electron chi connectivity index (χ2n) is 2.07. The van der Waals surface area contributed by atoms with E-state index in [2.05, 4.69) is 31.9 Å². The molecular formula is C8H8Br2O. The highest BCUT2D eigenvalue weighted by atomic mass is 79.9. The first-order chi connectivity index (χ1) is 5.29. The molecule has 60 valence electrons. The van der Waals surface area contributed by atoms with E-state index in [-0.39, 0.29) is 0 Å². The van der Waals surface area contributed by atoms with Crippen molar-refractivity contribution >= 4 is 31.9 Å². The molecule has 1 nitrogen and oxygen atoms in total. The largest absolute Gasteiger partial charge is 0.495 e. The third-order valence-electron chi connectivity index (χ3n) is 1.40. The minimum absolute atomic E-state index is 0.815. The van der Waals surface area contributed by atoms with E-state index in [9.17, 15) is 0 Å². The van der Waals surface area contributed by atoms with Crippen LogP contribution in [0.3, 0.4) is 0 Å². The number of rotatable bonds is 2. The molecule has 0 aliphatic rings. The maximum Gasteiger partial charge on any atom is 0.137 e. The van der Waals surface area contributed by atoms with Crippen molar-refractivity contribution in [2.24, 2.45) is 0 Å². The molecule has 11 heavy (non-hydrogen) atoms. The minimum atomic E-state index is 0.815. The predicted octanol–water partition coefficient (Wildman–Crippen LogP) is 3.35. The summed E-state index contributed by atoms with van der Waals surface area (Å²) >= 11 is 6.78. The van der Waals surface area contributed by atoms with Crippen LogP contribution in [0.25, 0.3) is 0 Å². The summed E-state index contributed by atoms with van der Waals surface area (Å²) in [6.07, 6.45) is 0. The number of hydrogen-bond acceptors (Lipinski definition) is 1. The molecule has 1 aromatic rings. The van der Waals surface area contributed by atoms with Crippen molar-refractivity contribution in [2.45, 2.75) is 5.33 Å². The average molecular weight is 280 g/mol. The molecule has 1 aromatic carbocycles. The van der Waals surface area contributed by atoms with Crippen molar-refractivity contribution < 1.29 is 4.74 Å². The van der Waals surface area contributed by atoms with E-state index in [1.54, 1.807) is 7.11 Å². The van der Waals surface area contributed by atoms with Crippen LogP contribution in [0.4, 0.5) is 0 Å². The molecule has 0 N–H and O–H groups in total. The van der Waals surface area contributed by atoms with E-state index in [1.165, 1.54) is 0 Å². The molecule has 0 spiro atoms. The highest BCUT2D eigenvalue weighted by Crippen LogP contribution is 2.29. The first kappa shape index (κ1) is 9.07. The van der Waals surface area contributed by atoms with E-state index in [4.69, 9.17) is 4.74 Å². The Kier molecular flexibility index (Phi) is 3.40. The van der Waals surface area contributed by atoms with E-state index in [0.717, 1.165) is 21.1 Å². The smallest absolute Gasteiger partial charge is 0.137 e. The summed E-state index contributed by atoms with van der Waals surface area (Å²) in [5.41, 5.74) is 1.15. The quantitative estimate of drug-likeness (QED) is 0.755. The van der Waals surface area contributed by atoms with Crippen LogP contribution in [-0.4, -0.2) is 7.11 Å². The van der Waals surface area contributed by atoms with Gasteiger partial charge in [0.15, 0.2) is 0 Å². The Labute approximate surface area is 83.0 Å². The minimum Gasteiger partial charge on any atom is -0.495 e. The van der Waals surface area contributed by atoms with Crippen molar-refractivity contribution in [1.29, 1.82) is 0 Å². The van der Waals surface area contributed by atoms with Crippen LogP contribution in [0.1, 0.15) is 5.56 Å². The summed E-state index contributed by atoms with van der Waals surface area (Å²) in [5.74, 6) is 0.907. The number of ether oxygens (including phenoxy) is 1. The highest BCUT2D eigenvalue weighted by molar-refractivity contribution is 9.10. The lowest BCUT2D eigenvalue weighted by molar-refractivity contribution is 0.409. The van der Waals surface area contributed by atoms with Crippen LogP contribution in [-0.2, 0) is 5.33 Å². The topological polar surface area (TPSA) is 9.23 Å². The Morgan fingerprint density at radius 2 is 2.18 bits per heavy atom. The van der Waals surface area contributed by atoms with E-state index >= 15 is 0 Å². The SMILES string of the molecule is COc1c(Br)cccc1CBr. The third kappa shape index (κ3) is 1.97. The van der Waals surface area contributed by atoms with E-state index < -0.39 is 0 Å². The Morgan fingerprint density at radius 1 is 1.45 bits per heavy atom. The Hall–Kier alpha value is -0.0200. The lowest BCUT2D eigenvalue weighted by Crippen LogP contribution is -1.89. The predicted molar refractivity (Wildman–Crippen MR) is 53.3 cm³/mol. The first-order valence-corrected chi connectivity index (χ1v) is 5.08. The molecule has 0 aromatic heterocycles. The second kappa shape index (κ2) is 4.12. The summed E-state index contributed by atoms with van der Waals surface area (Å²) in [4.78, 5) is 0. The van der Waals surface area contributed by atoms with Crippen LogP contribution >= 0.6 is 31.9 Å². The molecule has 0 saturated heterocycles. The second-order valence-corrected chi connectivity index (χ2v) is 3.48. The van der Waals surface area contributed by atoms with Crippen molar-refractivity contribution in [3.8, 4) is 5.75 Å². The van der Waals surface area contributed by atoms with Gasteiger partial charge in [-0.3, -0.25) is 0 Å². The van der Waals surface area contributed by atoms with Gasteiger partial charge in [-0.1, -0.05) is 28.1 Å². The number of methoxy groups -OCH3 is 1. The highest BCUT2D eigenvalue weighted by Gasteiger charge is 2.03. The maximum absolute atomic E-state index is 5.19. The molecule has 0 aliphatic heterocycles. The van der Waals surface area contributed by atoms with Crippen molar-refractivity contribution in [3.05, 3.63) is 28.2 Å². The molecule has 0 radical (unpaired) electrons. The van der Waals surface area contributed by atoms with Gasteiger partial charge in [0.1, 0.15) is 5.75 Å². The fourth-order valence-electron chi connectivity index (χ4n) is 0.887. The number of benzene rings is 1. The van der Waals surface area contributed by atoms with Crippen molar-refractivity contribution in [3.63, 3.8) is 0 Å². The van der Waals surface area contributed by atoms with Crippen LogP contribution < -0.4 is 4.74 Å². The summed E-state index contributed by atoms with van der Waals surface area (Å²) in [7, 11) is 1.67. The fraction of sp³-hybridized carbons (Fsp3) is 0.250. The maximum atomic E-state index is 5.19. The van der Waals surface area contributed by atoms with Gasteiger partial charge in [0.2, 0.25) is 0 Å². The van der Waals surface area contributed by atoms with Gasteiger partial charge in [0, 0.05) is 10.9 Å². The van der Waals surface area contributed by atoms with Crippen LogP contribution in [0.15, 0.2) is 22.7 Å². The zero-order valence-corrected chi connectivity index (χ0v) is 9.28. The van der Waals surface area contributed by atoms with Crippen LogP contribution in [0.2, 0.25) is 0 Å². The monoisotopic (exact) mass is 278 g/mol. The Bertz CT molecular complexity index is 248. The van der Waals surface area contributed by atoms with Crippen LogP contribution in [0.5, 0.6) is 5.75 Å². The Morgan fingerprint density at radius 3 is 2.64 bits per heavy atom. The standard InChI is InChI=1S/C8H8Br2O/c1-11-8-6(5-9)3-2-4-7(8)10/h2-4H,5H2,1H3. The van der Waals surface area contributed by atoms with Crippen molar-refractivity contribution in [1.82, 2.24) is 0 Å². The zero-order chi connectivity index (χ0) is 8.27. The molecule has 0 heterocycles. The van der Waals surface area contributed by atoms with Gasteiger partial charge in [0.25, 0.3) is 0 Å². The van der Waals surface area contributed by atoms with Gasteiger partial charge in [-0.2, -0.15) is 0 Å². The van der Waals surface area contributed by atoms with Gasteiger partial charge < -0.3 is 4.74 Å². The van der Waals surface area contributed by atoms with Gasteiger partial charge in [-0.25, -0.2) is 0 Å². The summed E-state index contributed by atoms with van der Waals surface area (Å²) in [5, 5.41) is 0.815. The molecular weight excluding hydrogens is 272 g/mol. The third-order valence-corrected chi connectivity index (χ3v) is 2.63. The van der Waals surface area contributed by atoms with Gasteiger partial charge >= 0.3 is 0 Å².